The minimum Gasteiger partial charge on any atom is -0.444 e. The largest absolute Gasteiger partial charge is 0.444 e. The van der Waals surface area contributed by atoms with Crippen LogP contribution in [0.5, 0.6) is 0 Å². The second-order valence-electron chi connectivity index (χ2n) is 10.7. The van der Waals surface area contributed by atoms with Crippen LogP contribution in [0.2, 0.25) is 0 Å². The lowest BCUT2D eigenvalue weighted by molar-refractivity contribution is 0.0240. The van der Waals surface area contributed by atoms with Crippen LogP contribution in [-0.2, 0) is 20.6 Å². The van der Waals surface area contributed by atoms with E-state index in [9.17, 15) is 4.79 Å². The number of benzene rings is 2. The summed E-state index contributed by atoms with van der Waals surface area (Å²) in [5, 5.41) is 3.71. The molecule has 2 aliphatic rings. The van der Waals surface area contributed by atoms with Gasteiger partial charge >= 0.3 is 6.09 Å². The van der Waals surface area contributed by atoms with Gasteiger partial charge in [-0.15, -0.1) is 0 Å². The summed E-state index contributed by atoms with van der Waals surface area (Å²) in [7, 11) is 3.48. The molecule has 1 N–H and O–H groups in total. The highest BCUT2D eigenvalue weighted by atomic mass is 32.2. The van der Waals surface area contributed by atoms with Gasteiger partial charge in [0.1, 0.15) is 5.60 Å². The number of anilines is 4. The van der Waals surface area contributed by atoms with Gasteiger partial charge in [0.05, 0.1) is 24.6 Å². The second-order valence-corrected chi connectivity index (χ2v) is 11.7. The van der Waals surface area contributed by atoms with E-state index in [1.165, 1.54) is 32.4 Å². The van der Waals surface area contributed by atoms with E-state index >= 15 is 0 Å². The zero-order valence-electron chi connectivity index (χ0n) is 23.6. The van der Waals surface area contributed by atoms with E-state index in [1.807, 2.05) is 32.5 Å². The number of nitrogens with zero attached hydrogens (tertiary/aromatic N) is 3. The molecule has 2 aliphatic heterocycles. The standard InChI is InChI=1S/C29H42N4O4S/c1-7-21-18-23(32(14-16-35-5)15-17-36-6)20-26-27(21)30-24-9-8-22(19-25(24)38-26)31-10-12-33(13-11-31)28(34)37-29(2,3)4/h8-9,18-20,30H,7,10-17H2,1-6H3. The Balaban J connectivity index is 1.50. The summed E-state index contributed by atoms with van der Waals surface area (Å²) in [6.45, 7) is 13.8. The second kappa shape index (κ2) is 12.5. The first-order chi connectivity index (χ1) is 18.2. The molecule has 1 saturated heterocycles. The molecule has 0 radical (unpaired) electrons. The molecular formula is C29H42N4O4S. The fourth-order valence-corrected chi connectivity index (χ4v) is 5.85. The molecule has 0 aliphatic carbocycles. The maximum atomic E-state index is 12.5. The maximum Gasteiger partial charge on any atom is 0.410 e. The third-order valence-electron chi connectivity index (χ3n) is 6.79. The lowest BCUT2D eigenvalue weighted by Crippen LogP contribution is -2.50. The van der Waals surface area contributed by atoms with Gasteiger partial charge in [-0.1, -0.05) is 18.7 Å². The normalized spacial score (nSPS) is 15.0. The Morgan fingerprint density at radius 1 is 1.00 bits per heavy atom. The first-order valence-electron chi connectivity index (χ1n) is 13.4. The predicted molar refractivity (Wildman–Crippen MR) is 156 cm³/mol. The van der Waals surface area contributed by atoms with Crippen LogP contribution in [0.3, 0.4) is 0 Å². The van der Waals surface area contributed by atoms with Crippen LogP contribution in [0, 0.1) is 0 Å². The summed E-state index contributed by atoms with van der Waals surface area (Å²) in [6, 6.07) is 11.2. The van der Waals surface area contributed by atoms with Crippen LogP contribution in [0.4, 0.5) is 27.5 Å². The summed E-state index contributed by atoms with van der Waals surface area (Å²) in [5.74, 6) is 0. The van der Waals surface area contributed by atoms with Crippen LogP contribution in [0.25, 0.3) is 0 Å². The van der Waals surface area contributed by atoms with Crippen LogP contribution in [0.15, 0.2) is 40.1 Å². The van der Waals surface area contributed by atoms with Gasteiger partial charge in [0.15, 0.2) is 0 Å². The van der Waals surface area contributed by atoms with Crippen molar-refractivity contribution in [2.24, 2.45) is 0 Å². The Bertz CT molecular complexity index is 1100. The highest BCUT2D eigenvalue weighted by Crippen LogP contribution is 2.48. The molecule has 0 bridgehead atoms. The summed E-state index contributed by atoms with van der Waals surface area (Å²) in [6.07, 6.45) is 0.716. The number of ether oxygens (including phenoxy) is 3. The first kappa shape index (κ1) is 28.4. The molecule has 4 rings (SSSR count). The van der Waals surface area contributed by atoms with Crippen molar-refractivity contribution >= 4 is 40.6 Å². The molecule has 1 fully saturated rings. The van der Waals surface area contributed by atoms with Gasteiger partial charge in [-0.2, -0.15) is 0 Å². The van der Waals surface area contributed by atoms with Crippen molar-refractivity contribution in [3.63, 3.8) is 0 Å². The fraction of sp³-hybridized carbons (Fsp3) is 0.552. The van der Waals surface area contributed by atoms with Crippen molar-refractivity contribution in [2.45, 2.75) is 49.5 Å². The van der Waals surface area contributed by atoms with Crippen molar-refractivity contribution in [3.8, 4) is 0 Å². The van der Waals surface area contributed by atoms with Crippen LogP contribution in [-0.4, -0.2) is 83.3 Å². The number of nitrogens with one attached hydrogen (secondary N) is 1. The van der Waals surface area contributed by atoms with Crippen molar-refractivity contribution < 1.29 is 19.0 Å². The molecule has 38 heavy (non-hydrogen) atoms. The number of carbonyl (C=O) groups excluding carboxylic acids is 1. The lowest BCUT2D eigenvalue weighted by Gasteiger charge is -2.37. The number of aryl methyl sites for hydroxylation is 1. The molecule has 0 aromatic heterocycles. The number of carbonyl (C=O) groups is 1. The van der Waals surface area contributed by atoms with Gasteiger partial charge in [-0.05, 0) is 63.1 Å². The van der Waals surface area contributed by atoms with E-state index in [4.69, 9.17) is 14.2 Å². The van der Waals surface area contributed by atoms with Crippen molar-refractivity contribution in [2.75, 3.05) is 81.8 Å². The van der Waals surface area contributed by atoms with Gasteiger partial charge in [-0.25, -0.2) is 4.79 Å². The van der Waals surface area contributed by atoms with E-state index in [-0.39, 0.29) is 6.09 Å². The highest BCUT2D eigenvalue weighted by Gasteiger charge is 2.27. The Morgan fingerprint density at radius 3 is 2.29 bits per heavy atom. The zero-order valence-corrected chi connectivity index (χ0v) is 24.5. The minimum atomic E-state index is -0.477. The first-order valence-corrected chi connectivity index (χ1v) is 14.3. The molecule has 9 heteroatoms. The molecule has 2 aromatic carbocycles. The molecule has 1 amide bonds. The average molecular weight is 543 g/mol. The number of hydrogen-bond donors (Lipinski definition) is 1. The van der Waals surface area contributed by atoms with Gasteiger partial charge in [0.2, 0.25) is 0 Å². The minimum absolute atomic E-state index is 0.230. The fourth-order valence-electron chi connectivity index (χ4n) is 4.74. The number of hydrogen-bond acceptors (Lipinski definition) is 8. The van der Waals surface area contributed by atoms with Crippen LogP contribution >= 0.6 is 11.8 Å². The Labute approximate surface area is 231 Å². The maximum absolute atomic E-state index is 12.5. The summed E-state index contributed by atoms with van der Waals surface area (Å²) < 4.78 is 16.3. The molecule has 2 heterocycles. The van der Waals surface area contributed by atoms with Gasteiger partial charge in [-0.3, -0.25) is 0 Å². The lowest BCUT2D eigenvalue weighted by atomic mass is 10.1. The van der Waals surface area contributed by atoms with Gasteiger partial charge in [0, 0.05) is 74.7 Å². The Hall–Kier alpha value is -2.62. The smallest absolute Gasteiger partial charge is 0.410 e. The Morgan fingerprint density at radius 2 is 1.68 bits per heavy atom. The molecule has 0 saturated carbocycles. The van der Waals surface area contributed by atoms with E-state index in [1.54, 1.807) is 19.1 Å². The number of methoxy groups -OCH3 is 2. The van der Waals surface area contributed by atoms with Gasteiger partial charge in [0.25, 0.3) is 0 Å². The van der Waals surface area contributed by atoms with E-state index in [0.29, 0.717) is 26.3 Å². The molecule has 0 atom stereocenters. The number of rotatable bonds is 9. The quantitative estimate of drug-likeness (QED) is 0.374. The molecule has 0 unspecified atom stereocenters. The van der Waals surface area contributed by atoms with Crippen LogP contribution < -0.4 is 15.1 Å². The highest BCUT2D eigenvalue weighted by molar-refractivity contribution is 7.99. The molecule has 2 aromatic rings. The third-order valence-corrected chi connectivity index (χ3v) is 7.89. The molecule has 208 valence electrons. The molecule has 0 spiro atoms. The van der Waals surface area contributed by atoms with Crippen molar-refractivity contribution in [3.05, 3.63) is 35.9 Å². The van der Waals surface area contributed by atoms with Crippen LogP contribution in [0.1, 0.15) is 33.3 Å². The number of amides is 1. The summed E-state index contributed by atoms with van der Waals surface area (Å²) in [5.41, 5.74) is 5.54. The average Bonchev–Trinajstić information content (AvgIpc) is 2.90. The van der Waals surface area contributed by atoms with E-state index < -0.39 is 5.60 Å². The molecule has 8 nitrogen and oxygen atoms in total. The van der Waals surface area contributed by atoms with Crippen molar-refractivity contribution in [1.29, 1.82) is 0 Å². The zero-order chi connectivity index (χ0) is 27.3. The third kappa shape index (κ3) is 6.87. The number of fused-ring (bicyclic) bond motifs is 2. The van der Waals surface area contributed by atoms with Gasteiger partial charge < -0.3 is 34.2 Å². The Kier molecular flexibility index (Phi) is 9.33. The summed E-state index contributed by atoms with van der Waals surface area (Å²) >= 11 is 1.82. The summed E-state index contributed by atoms with van der Waals surface area (Å²) in [4.78, 5) is 21.4. The topological polar surface area (TPSA) is 66.5 Å². The SMILES string of the molecule is CCc1cc(N(CCOC)CCOC)cc2c1Nc1ccc(N3CCN(C(=O)OC(C)(C)C)CC3)cc1S2. The molecular weight excluding hydrogens is 500 g/mol. The monoisotopic (exact) mass is 542 g/mol. The van der Waals surface area contributed by atoms with E-state index in [0.717, 1.165) is 38.3 Å². The van der Waals surface area contributed by atoms with Crippen molar-refractivity contribution in [1.82, 2.24) is 4.90 Å². The van der Waals surface area contributed by atoms with E-state index in [2.05, 4.69) is 52.4 Å². The number of piperazine rings is 1. The predicted octanol–water partition coefficient (Wildman–Crippen LogP) is 5.61.